The summed E-state index contributed by atoms with van der Waals surface area (Å²) in [5.74, 6) is 1.26. The summed E-state index contributed by atoms with van der Waals surface area (Å²) in [5, 5.41) is 0.748. The fourth-order valence-electron chi connectivity index (χ4n) is 3.21. The number of fused-ring (bicyclic) bond motifs is 1. The van der Waals surface area contributed by atoms with Crippen molar-refractivity contribution in [3.63, 3.8) is 0 Å². The van der Waals surface area contributed by atoms with Gasteiger partial charge in [-0.1, -0.05) is 0 Å². The number of methoxy groups -OCH3 is 2. The molecule has 0 aliphatic carbocycles. The molecule has 3 aromatic rings. The standard InChI is InChI=1S/C21H24N2O4S/c1-5-23(6-2)21-18-13-16(27-4)9-12-19(18)22-14-20(21)28(24,25)17-10-7-15(26-3)8-11-17/h7-14H,5-6H2,1-4H3. The Morgan fingerprint density at radius 2 is 1.54 bits per heavy atom. The average molecular weight is 401 g/mol. The van der Waals surface area contributed by atoms with Gasteiger partial charge >= 0.3 is 0 Å². The first-order valence-electron chi connectivity index (χ1n) is 9.07. The van der Waals surface area contributed by atoms with Gasteiger partial charge in [0.05, 0.1) is 30.3 Å². The predicted molar refractivity (Wildman–Crippen MR) is 110 cm³/mol. The second-order valence-corrected chi connectivity index (χ2v) is 8.12. The maximum atomic E-state index is 13.4. The molecule has 0 fully saturated rings. The van der Waals surface area contributed by atoms with Gasteiger partial charge in [0.15, 0.2) is 0 Å². The number of aromatic nitrogens is 1. The highest BCUT2D eigenvalue weighted by molar-refractivity contribution is 7.91. The van der Waals surface area contributed by atoms with Crippen LogP contribution in [0.25, 0.3) is 10.9 Å². The van der Waals surface area contributed by atoms with E-state index < -0.39 is 9.84 Å². The van der Waals surface area contributed by atoms with Gasteiger partial charge in [-0.05, 0) is 56.3 Å². The van der Waals surface area contributed by atoms with E-state index in [1.54, 1.807) is 38.5 Å². The number of ether oxygens (including phenoxy) is 2. The van der Waals surface area contributed by atoms with Crippen molar-refractivity contribution in [2.45, 2.75) is 23.6 Å². The van der Waals surface area contributed by atoms with E-state index in [9.17, 15) is 8.42 Å². The van der Waals surface area contributed by atoms with Crippen molar-refractivity contribution >= 4 is 26.4 Å². The number of sulfone groups is 1. The number of hydrogen-bond donors (Lipinski definition) is 0. The highest BCUT2D eigenvalue weighted by atomic mass is 32.2. The zero-order valence-electron chi connectivity index (χ0n) is 16.5. The minimum Gasteiger partial charge on any atom is -0.497 e. The molecule has 1 heterocycles. The van der Waals surface area contributed by atoms with Gasteiger partial charge in [-0.2, -0.15) is 0 Å². The van der Waals surface area contributed by atoms with E-state index in [1.807, 2.05) is 36.9 Å². The zero-order valence-corrected chi connectivity index (χ0v) is 17.3. The SMILES string of the molecule is CCN(CC)c1c(S(=O)(=O)c2ccc(OC)cc2)cnc2ccc(OC)cc12. The topological polar surface area (TPSA) is 68.7 Å². The van der Waals surface area contributed by atoms with Crippen LogP contribution in [0.15, 0.2) is 58.5 Å². The average Bonchev–Trinajstić information content (AvgIpc) is 2.74. The van der Waals surface area contributed by atoms with Crippen LogP contribution in [-0.4, -0.2) is 40.7 Å². The summed E-state index contributed by atoms with van der Waals surface area (Å²) >= 11 is 0. The monoisotopic (exact) mass is 400 g/mol. The fourth-order valence-corrected chi connectivity index (χ4v) is 4.64. The molecule has 148 valence electrons. The van der Waals surface area contributed by atoms with E-state index in [1.165, 1.54) is 6.20 Å². The van der Waals surface area contributed by atoms with Gasteiger partial charge in [-0.25, -0.2) is 8.42 Å². The van der Waals surface area contributed by atoms with Crippen LogP contribution in [-0.2, 0) is 9.84 Å². The molecule has 0 spiro atoms. The molecule has 0 N–H and O–H groups in total. The molecule has 0 aliphatic heterocycles. The van der Waals surface area contributed by atoms with Crippen molar-refractivity contribution in [1.29, 1.82) is 0 Å². The molecule has 3 rings (SSSR count). The lowest BCUT2D eigenvalue weighted by Gasteiger charge is -2.25. The van der Waals surface area contributed by atoms with Gasteiger partial charge in [-0.3, -0.25) is 4.98 Å². The quantitative estimate of drug-likeness (QED) is 0.599. The number of benzene rings is 2. The Labute approximate surface area is 165 Å². The molecule has 2 aromatic carbocycles. The van der Waals surface area contributed by atoms with Gasteiger partial charge in [0, 0.05) is 24.7 Å². The Bertz CT molecular complexity index is 1080. The van der Waals surface area contributed by atoms with Crippen LogP contribution in [0.5, 0.6) is 11.5 Å². The first-order chi connectivity index (χ1) is 13.5. The summed E-state index contributed by atoms with van der Waals surface area (Å²) in [7, 11) is -0.640. The zero-order chi connectivity index (χ0) is 20.3. The molecule has 1 aromatic heterocycles. The summed E-state index contributed by atoms with van der Waals surface area (Å²) in [6.07, 6.45) is 1.45. The van der Waals surface area contributed by atoms with E-state index in [4.69, 9.17) is 9.47 Å². The van der Waals surface area contributed by atoms with Crippen LogP contribution >= 0.6 is 0 Å². The van der Waals surface area contributed by atoms with Crippen molar-refractivity contribution in [3.8, 4) is 11.5 Å². The minimum atomic E-state index is -3.77. The molecule has 0 saturated heterocycles. The Morgan fingerprint density at radius 3 is 2.11 bits per heavy atom. The van der Waals surface area contributed by atoms with Crippen LogP contribution < -0.4 is 14.4 Å². The number of pyridine rings is 1. The smallest absolute Gasteiger partial charge is 0.210 e. The first kappa shape index (κ1) is 19.9. The van der Waals surface area contributed by atoms with E-state index >= 15 is 0 Å². The maximum Gasteiger partial charge on any atom is 0.210 e. The van der Waals surface area contributed by atoms with Gasteiger partial charge in [0.2, 0.25) is 9.84 Å². The van der Waals surface area contributed by atoms with Gasteiger partial charge in [0.25, 0.3) is 0 Å². The summed E-state index contributed by atoms with van der Waals surface area (Å²) in [5.41, 5.74) is 1.36. The van der Waals surface area contributed by atoms with Crippen molar-refractivity contribution < 1.29 is 17.9 Å². The third kappa shape index (κ3) is 3.49. The van der Waals surface area contributed by atoms with Crippen LogP contribution in [0.2, 0.25) is 0 Å². The fraction of sp³-hybridized carbons (Fsp3) is 0.286. The van der Waals surface area contributed by atoms with Gasteiger partial charge in [0.1, 0.15) is 16.4 Å². The lowest BCUT2D eigenvalue weighted by Crippen LogP contribution is -2.24. The molecule has 0 bridgehead atoms. The van der Waals surface area contributed by atoms with Crippen molar-refractivity contribution in [2.75, 3.05) is 32.2 Å². The summed E-state index contributed by atoms with van der Waals surface area (Å²) in [6.45, 7) is 5.33. The third-order valence-electron chi connectivity index (χ3n) is 4.75. The van der Waals surface area contributed by atoms with E-state index in [0.29, 0.717) is 30.3 Å². The van der Waals surface area contributed by atoms with Crippen molar-refractivity contribution in [2.24, 2.45) is 0 Å². The van der Waals surface area contributed by atoms with Crippen LogP contribution in [0.4, 0.5) is 5.69 Å². The van der Waals surface area contributed by atoms with E-state index in [-0.39, 0.29) is 9.79 Å². The Hall–Kier alpha value is -2.80. The lowest BCUT2D eigenvalue weighted by atomic mass is 10.1. The number of nitrogens with zero attached hydrogens (tertiary/aromatic N) is 2. The highest BCUT2D eigenvalue weighted by Crippen LogP contribution is 2.37. The van der Waals surface area contributed by atoms with E-state index in [0.717, 1.165) is 10.9 Å². The second kappa shape index (κ2) is 8.06. The molecule has 28 heavy (non-hydrogen) atoms. The molecule has 6 nitrogen and oxygen atoms in total. The van der Waals surface area contributed by atoms with Crippen LogP contribution in [0, 0.1) is 0 Å². The molecule has 0 radical (unpaired) electrons. The third-order valence-corrected chi connectivity index (χ3v) is 6.52. The first-order valence-corrected chi connectivity index (χ1v) is 10.5. The normalized spacial score (nSPS) is 11.4. The Kier molecular flexibility index (Phi) is 5.74. The van der Waals surface area contributed by atoms with Crippen molar-refractivity contribution in [3.05, 3.63) is 48.7 Å². The summed E-state index contributed by atoms with van der Waals surface area (Å²) in [6, 6.07) is 11.9. The predicted octanol–water partition coefficient (Wildman–Crippen LogP) is 3.93. The van der Waals surface area contributed by atoms with Crippen molar-refractivity contribution in [1.82, 2.24) is 4.98 Å². The lowest BCUT2D eigenvalue weighted by molar-refractivity contribution is 0.414. The molecule has 0 amide bonds. The second-order valence-electron chi connectivity index (χ2n) is 6.21. The maximum absolute atomic E-state index is 13.4. The van der Waals surface area contributed by atoms with E-state index in [2.05, 4.69) is 4.98 Å². The number of rotatable bonds is 7. The van der Waals surface area contributed by atoms with Gasteiger partial charge < -0.3 is 14.4 Å². The molecule has 0 saturated carbocycles. The Balaban J connectivity index is 2.30. The molecular formula is C21H24N2O4S. The summed E-state index contributed by atoms with van der Waals surface area (Å²) < 4.78 is 37.4. The van der Waals surface area contributed by atoms with Gasteiger partial charge in [-0.15, -0.1) is 0 Å². The largest absolute Gasteiger partial charge is 0.497 e. The number of anilines is 1. The molecule has 7 heteroatoms. The van der Waals surface area contributed by atoms with Crippen LogP contribution in [0.3, 0.4) is 0 Å². The highest BCUT2D eigenvalue weighted by Gasteiger charge is 2.26. The number of hydrogen-bond acceptors (Lipinski definition) is 6. The molecular weight excluding hydrogens is 376 g/mol. The Morgan fingerprint density at radius 1 is 0.929 bits per heavy atom. The molecule has 0 atom stereocenters. The van der Waals surface area contributed by atoms with Crippen LogP contribution in [0.1, 0.15) is 13.8 Å². The summed E-state index contributed by atoms with van der Waals surface area (Å²) in [4.78, 5) is 6.82. The minimum absolute atomic E-state index is 0.183. The molecule has 0 unspecified atom stereocenters. The molecule has 0 aliphatic rings.